The van der Waals surface area contributed by atoms with E-state index in [1.54, 1.807) is 6.07 Å². The molecule has 4 heteroatoms. The fourth-order valence-corrected chi connectivity index (χ4v) is 4.91. The molecule has 0 fully saturated rings. The van der Waals surface area contributed by atoms with Gasteiger partial charge in [0.05, 0.1) is 4.90 Å². The number of benzene rings is 1. The van der Waals surface area contributed by atoms with Gasteiger partial charge in [0.2, 0.25) is 0 Å². The van der Waals surface area contributed by atoms with Crippen molar-refractivity contribution in [2.24, 2.45) is 0 Å². The third kappa shape index (κ3) is 11.2. The van der Waals surface area contributed by atoms with Gasteiger partial charge in [0, 0.05) is 0 Å². The lowest BCUT2D eigenvalue weighted by Crippen LogP contribution is -2.07. The first-order valence-corrected chi connectivity index (χ1v) is 13.4. The van der Waals surface area contributed by atoms with Crippen LogP contribution in [0.1, 0.15) is 128 Å². The Hall–Kier alpha value is -0.870. The summed E-state index contributed by atoms with van der Waals surface area (Å²) in [5.41, 5.74) is 1.85. The Morgan fingerprint density at radius 2 is 1.21 bits per heavy atom. The minimum Gasteiger partial charge on any atom is -0.282 e. The lowest BCUT2D eigenvalue weighted by atomic mass is 9.93. The molecule has 0 radical (unpaired) electrons. The molecular weight excluding hydrogens is 380 g/mol. The Balaban J connectivity index is 2.20. The van der Waals surface area contributed by atoms with E-state index < -0.39 is 10.1 Å². The second-order valence-electron chi connectivity index (χ2n) is 8.80. The van der Waals surface area contributed by atoms with Crippen LogP contribution in [0.4, 0.5) is 0 Å². The zero-order chi connectivity index (χ0) is 21.5. The molecule has 0 aliphatic rings. The van der Waals surface area contributed by atoms with Crippen LogP contribution >= 0.6 is 0 Å². The van der Waals surface area contributed by atoms with Crippen LogP contribution < -0.4 is 0 Å². The molecule has 1 N–H and O–H groups in total. The molecule has 0 spiro atoms. The molecule has 0 bridgehead atoms. The smallest absolute Gasteiger partial charge is 0.282 e. The van der Waals surface area contributed by atoms with Gasteiger partial charge in [-0.2, -0.15) is 8.42 Å². The van der Waals surface area contributed by atoms with Crippen molar-refractivity contribution < 1.29 is 13.0 Å². The summed E-state index contributed by atoms with van der Waals surface area (Å²) in [5.74, 6) is 0.248. The lowest BCUT2D eigenvalue weighted by Gasteiger charge is -2.16. The Morgan fingerprint density at radius 3 is 1.62 bits per heavy atom. The topological polar surface area (TPSA) is 54.4 Å². The van der Waals surface area contributed by atoms with Gasteiger partial charge in [-0.05, 0) is 36.0 Å². The van der Waals surface area contributed by atoms with Crippen molar-refractivity contribution in [2.75, 3.05) is 0 Å². The van der Waals surface area contributed by atoms with Gasteiger partial charge in [-0.25, -0.2) is 0 Å². The van der Waals surface area contributed by atoms with Gasteiger partial charge in [0.25, 0.3) is 10.1 Å². The van der Waals surface area contributed by atoms with Crippen LogP contribution in [0.3, 0.4) is 0 Å². The van der Waals surface area contributed by atoms with E-state index in [0.29, 0.717) is 0 Å². The number of rotatable bonds is 17. The summed E-state index contributed by atoms with van der Waals surface area (Å²) in [6.07, 6.45) is 19.0. The quantitative estimate of drug-likeness (QED) is 0.203. The first-order chi connectivity index (χ1) is 13.9. The molecule has 0 saturated carbocycles. The number of hydrogen-bond acceptors (Lipinski definition) is 2. The fourth-order valence-electron chi connectivity index (χ4n) is 4.13. The predicted octanol–water partition coefficient (Wildman–Crippen LogP) is 8.08. The van der Waals surface area contributed by atoms with Gasteiger partial charge in [-0.3, -0.25) is 4.55 Å². The zero-order valence-corrected chi connectivity index (χ0v) is 19.9. The van der Waals surface area contributed by atoms with Crippen LogP contribution in [0.5, 0.6) is 0 Å². The van der Waals surface area contributed by atoms with Gasteiger partial charge in [0.1, 0.15) is 0 Å². The third-order valence-corrected chi connectivity index (χ3v) is 6.79. The Kier molecular flexibility index (Phi) is 13.5. The number of hydrogen-bond donors (Lipinski definition) is 1. The summed E-state index contributed by atoms with van der Waals surface area (Å²) in [7, 11) is -4.16. The van der Waals surface area contributed by atoms with E-state index in [0.717, 1.165) is 30.4 Å². The Labute approximate surface area is 180 Å². The molecule has 1 aromatic rings. The van der Waals surface area contributed by atoms with Crippen LogP contribution in [-0.2, 0) is 16.5 Å². The van der Waals surface area contributed by atoms with Crippen molar-refractivity contribution in [1.82, 2.24) is 0 Å². The molecule has 0 heterocycles. The minimum absolute atomic E-state index is 0.0957. The van der Waals surface area contributed by atoms with E-state index in [1.165, 1.54) is 83.1 Å². The molecule has 0 unspecified atom stereocenters. The van der Waals surface area contributed by atoms with E-state index in [-0.39, 0.29) is 10.8 Å². The van der Waals surface area contributed by atoms with Gasteiger partial charge in [0.15, 0.2) is 0 Å². The van der Waals surface area contributed by atoms with Crippen molar-refractivity contribution in [2.45, 2.75) is 128 Å². The highest BCUT2D eigenvalue weighted by molar-refractivity contribution is 7.85. The summed E-state index contributed by atoms with van der Waals surface area (Å²) in [6, 6.07) is 5.24. The van der Waals surface area contributed by atoms with E-state index in [9.17, 15) is 13.0 Å². The van der Waals surface area contributed by atoms with Gasteiger partial charge in [-0.1, -0.05) is 116 Å². The molecular formula is C25H44O3S. The van der Waals surface area contributed by atoms with Crippen molar-refractivity contribution in [3.05, 3.63) is 29.3 Å². The largest absolute Gasteiger partial charge is 0.294 e. The Bertz CT molecular complexity index is 650. The normalized spacial score (nSPS) is 12.0. The molecule has 29 heavy (non-hydrogen) atoms. The highest BCUT2D eigenvalue weighted by Crippen LogP contribution is 2.27. The summed E-state index contributed by atoms with van der Waals surface area (Å²) in [5, 5.41) is 0. The monoisotopic (exact) mass is 424 g/mol. The van der Waals surface area contributed by atoms with E-state index in [4.69, 9.17) is 0 Å². The van der Waals surface area contributed by atoms with Crippen molar-refractivity contribution in [3.63, 3.8) is 0 Å². The van der Waals surface area contributed by atoms with Gasteiger partial charge >= 0.3 is 0 Å². The van der Waals surface area contributed by atoms with Crippen molar-refractivity contribution in [3.8, 4) is 0 Å². The lowest BCUT2D eigenvalue weighted by molar-refractivity contribution is 0.481. The van der Waals surface area contributed by atoms with Crippen molar-refractivity contribution in [1.29, 1.82) is 0 Å². The maximum atomic E-state index is 11.7. The maximum Gasteiger partial charge on any atom is 0.294 e. The molecule has 0 aliphatic heterocycles. The first kappa shape index (κ1) is 26.2. The van der Waals surface area contributed by atoms with E-state index in [2.05, 4.69) is 20.8 Å². The average Bonchev–Trinajstić information content (AvgIpc) is 2.67. The summed E-state index contributed by atoms with van der Waals surface area (Å²) < 4.78 is 33.0. The highest BCUT2D eigenvalue weighted by Gasteiger charge is 2.19. The first-order valence-electron chi connectivity index (χ1n) is 12.0. The van der Waals surface area contributed by atoms with Crippen LogP contribution in [-0.4, -0.2) is 13.0 Å². The predicted molar refractivity (Wildman–Crippen MR) is 124 cm³/mol. The van der Waals surface area contributed by atoms with Crippen LogP contribution in [0, 0.1) is 0 Å². The molecule has 3 nitrogen and oxygen atoms in total. The zero-order valence-electron chi connectivity index (χ0n) is 19.1. The molecule has 0 atom stereocenters. The molecule has 0 aliphatic carbocycles. The van der Waals surface area contributed by atoms with E-state index in [1.807, 2.05) is 6.07 Å². The standard InChI is InChI=1S/C25H44O3S/c1-4-5-6-7-8-9-10-11-12-13-14-15-16-17-19-24-23(22(2)3)20-18-21-25(24)29(26,27)28/h18,20-22H,4-17,19H2,1-3H3,(H,26,27,28). The second-order valence-corrected chi connectivity index (χ2v) is 10.2. The third-order valence-electron chi connectivity index (χ3n) is 5.85. The molecule has 0 aromatic heterocycles. The van der Waals surface area contributed by atoms with Crippen LogP contribution in [0.25, 0.3) is 0 Å². The average molecular weight is 425 g/mol. The molecule has 1 aromatic carbocycles. The Morgan fingerprint density at radius 1 is 0.759 bits per heavy atom. The van der Waals surface area contributed by atoms with Crippen molar-refractivity contribution >= 4 is 10.1 Å². The maximum absolute atomic E-state index is 11.7. The summed E-state index contributed by atoms with van der Waals surface area (Å²) >= 11 is 0. The van der Waals surface area contributed by atoms with Crippen LogP contribution in [0.2, 0.25) is 0 Å². The van der Waals surface area contributed by atoms with E-state index >= 15 is 0 Å². The molecule has 168 valence electrons. The number of unbranched alkanes of at least 4 members (excludes halogenated alkanes) is 13. The minimum atomic E-state index is -4.16. The summed E-state index contributed by atoms with van der Waals surface area (Å²) in [6.45, 7) is 6.40. The second kappa shape index (κ2) is 15.0. The van der Waals surface area contributed by atoms with Crippen LogP contribution in [0.15, 0.2) is 23.1 Å². The SMILES string of the molecule is CCCCCCCCCCCCCCCCc1c(C(C)C)cccc1S(=O)(=O)O. The molecule has 0 amide bonds. The summed E-state index contributed by atoms with van der Waals surface area (Å²) in [4.78, 5) is 0.0957. The molecule has 0 saturated heterocycles. The van der Waals surface area contributed by atoms with Gasteiger partial charge in [-0.15, -0.1) is 0 Å². The fraction of sp³-hybridized carbons (Fsp3) is 0.760. The van der Waals surface area contributed by atoms with Gasteiger partial charge < -0.3 is 0 Å². The highest BCUT2D eigenvalue weighted by atomic mass is 32.2. The molecule has 1 rings (SSSR count).